The van der Waals surface area contributed by atoms with Gasteiger partial charge < -0.3 is 15.6 Å². The molecule has 1 saturated carbocycles. The zero-order valence-corrected chi connectivity index (χ0v) is 18.8. The molecule has 0 unspecified atom stereocenters. The molecule has 0 atom stereocenters. The summed E-state index contributed by atoms with van der Waals surface area (Å²) in [5.74, 6) is 0.840. The van der Waals surface area contributed by atoms with E-state index in [9.17, 15) is 9.59 Å². The van der Waals surface area contributed by atoms with Crippen LogP contribution in [0.15, 0.2) is 42.5 Å². The number of H-pyrrole nitrogens is 1. The number of hydrogen-bond donors (Lipinski definition) is 3. The van der Waals surface area contributed by atoms with Crippen LogP contribution in [0, 0.1) is 13.8 Å². The Hall–Kier alpha value is -3.19. The number of aromatic amines is 1. The van der Waals surface area contributed by atoms with E-state index in [0.29, 0.717) is 38.5 Å². The number of aryl methyl sites for hydroxylation is 2. The summed E-state index contributed by atoms with van der Waals surface area (Å²) in [4.78, 5) is 34.9. The number of hydrogen-bond acceptors (Lipinski definition) is 4. The van der Waals surface area contributed by atoms with Crippen molar-refractivity contribution in [2.45, 2.75) is 45.6 Å². The Morgan fingerprint density at radius 1 is 1.12 bits per heavy atom. The quantitative estimate of drug-likeness (QED) is 0.457. The Bertz CT molecular complexity index is 1070. The first kappa shape index (κ1) is 22.0. The standard InChI is InChI=1S/C25H31N5O2/c1-17-7-8-18(2)22(15-17)29-25(32)16-30(19-9-10-19)14-12-24(31)26-13-11-23-27-20-5-3-4-6-21(20)28-23/h3-8,15,19H,9-14,16H2,1-2H3,(H,26,31)(H,27,28)(H,29,32). The van der Waals surface area contributed by atoms with Crippen molar-refractivity contribution in [3.05, 3.63) is 59.4 Å². The summed E-state index contributed by atoms with van der Waals surface area (Å²) in [7, 11) is 0. The van der Waals surface area contributed by atoms with E-state index in [1.165, 1.54) is 0 Å². The predicted octanol–water partition coefficient (Wildman–Crippen LogP) is 3.33. The zero-order chi connectivity index (χ0) is 22.5. The second-order valence-electron chi connectivity index (χ2n) is 8.62. The van der Waals surface area contributed by atoms with E-state index in [0.717, 1.165) is 46.5 Å². The molecule has 7 nitrogen and oxygen atoms in total. The van der Waals surface area contributed by atoms with Crippen LogP contribution in [0.25, 0.3) is 11.0 Å². The van der Waals surface area contributed by atoms with Gasteiger partial charge in [0.25, 0.3) is 0 Å². The number of benzene rings is 2. The largest absolute Gasteiger partial charge is 0.356 e. The Balaban J connectivity index is 1.21. The average Bonchev–Trinajstić information content (AvgIpc) is 3.53. The third-order valence-corrected chi connectivity index (χ3v) is 5.83. The SMILES string of the molecule is Cc1ccc(C)c(NC(=O)CN(CCC(=O)NCCc2nc3ccccc3[nH]2)C2CC2)c1. The molecule has 3 aromatic rings. The van der Waals surface area contributed by atoms with E-state index in [1.807, 2.05) is 56.3 Å². The van der Waals surface area contributed by atoms with Crippen molar-refractivity contribution in [2.75, 3.05) is 25.0 Å². The molecule has 0 spiro atoms. The van der Waals surface area contributed by atoms with Gasteiger partial charge in [-0.25, -0.2) is 4.98 Å². The average molecular weight is 434 g/mol. The van der Waals surface area contributed by atoms with E-state index >= 15 is 0 Å². The van der Waals surface area contributed by atoms with Crippen LogP contribution < -0.4 is 10.6 Å². The Morgan fingerprint density at radius 2 is 1.94 bits per heavy atom. The van der Waals surface area contributed by atoms with Crippen LogP contribution in [0.3, 0.4) is 0 Å². The molecule has 1 aromatic heterocycles. The van der Waals surface area contributed by atoms with Crippen molar-refractivity contribution in [1.29, 1.82) is 0 Å². The maximum absolute atomic E-state index is 12.6. The fraction of sp³-hybridized carbons (Fsp3) is 0.400. The number of imidazole rings is 1. The first-order valence-corrected chi connectivity index (χ1v) is 11.3. The molecule has 1 aliphatic rings. The lowest BCUT2D eigenvalue weighted by Crippen LogP contribution is -2.38. The number of fused-ring (bicyclic) bond motifs is 1. The summed E-state index contributed by atoms with van der Waals surface area (Å²) in [6.07, 6.45) is 3.22. The number of nitrogens with zero attached hydrogens (tertiary/aromatic N) is 2. The van der Waals surface area contributed by atoms with Crippen LogP contribution in [-0.2, 0) is 16.0 Å². The van der Waals surface area contributed by atoms with Crippen molar-refractivity contribution in [1.82, 2.24) is 20.2 Å². The molecule has 0 aliphatic heterocycles. The van der Waals surface area contributed by atoms with Crippen LogP contribution >= 0.6 is 0 Å². The van der Waals surface area contributed by atoms with Gasteiger partial charge in [0.05, 0.1) is 17.6 Å². The van der Waals surface area contributed by atoms with Gasteiger partial charge in [0.2, 0.25) is 11.8 Å². The van der Waals surface area contributed by atoms with Crippen LogP contribution in [0.1, 0.15) is 36.2 Å². The molecule has 0 radical (unpaired) electrons. The number of carbonyl (C=O) groups excluding carboxylic acids is 2. The third-order valence-electron chi connectivity index (χ3n) is 5.83. The smallest absolute Gasteiger partial charge is 0.238 e. The van der Waals surface area contributed by atoms with Gasteiger partial charge >= 0.3 is 0 Å². The van der Waals surface area contributed by atoms with Crippen molar-refractivity contribution < 1.29 is 9.59 Å². The van der Waals surface area contributed by atoms with Crippen molar-refractivity contribution in [3.63, 3.8) is 0 Å². The molecule has 1 heterocycles. The molecule has 4 rings (SSSR count). The van der Waals surface area contributed by atoms with Crippen LogP contribution in [-0.4, -0.2) is 52.4 Å². The van der Waals surface area contributed by atoms with Gasteiger partial charge in [-0.3, -0.25) is 14.5 Å². The van der Waals surface area contributed by atoms with Crippen molar-refractivity contribution >= 4 is 28.5 Å². The van der Waals surface area contributed by atoms with E-state index in [2.05, 4.69) is 25.5 Å². The van der Waals surface area contributed by atoms with E-state index in [1.54, 1.807) is 0 Å². The molecule has 7 heteroatoms. The highest BCUT2D eigenvalue weighted by molar-refractivity contribution is 5.93. The minimum atomic E-state index is -0.0316. The molecule has 2 amide bonds. The Labute approximate surface area is 188 Å². The summed E-state index contributed by atoms with van der Waals surface area (Å²) < 4.78 is 0. The summed E-state index contributed by atoms with van der Waals surface area (Å²) in [5.41, 5.74) is 4.96. The maximum Gasteiger partial charge on any atom is 0.238 e. The lowest BCUT2D eigenvalue weighted by molar-refractivity contribution is -0.122. The molecule has 0 bridgehead atoms. The predicted molar refractivity (Wildman–Crippen MR) is 127 cm³/mol. The number of amides is 2. The molecule has 168 valence electrons. The van der Waals surface area contributed by atoms with Crippen LogP contribution in [0.2, 0.25) is 0 Å². The van der Waals surface area contributed by atoms with Gasteiger partial charge in [-0.1, -0.05) is 24.3 Å². The Morgan fingerprint density at radius 3 is 2.72 bits per heavy atom. The fourth-order valence-corrected chi connectivity index (χ4v) is 3.85. The number of anilines is 1. The number of para-hydroxylation sites is 2. The number of aromatic nitrogens is 2. The van der Waals surface area contributed by atoms with E-state index in [4.69, 9.17) is 0 Å². The third kappa shape index (κ3) is 5.95. The first-order chi connectivity index (χ1) is 15.5. The summed E-state index contributed by atoms with van der Waals surface area (Å²) in [5, 5.41) is 5.99. The molecule has 2 aromatic carbocycles. The highest BCUT2D eigenvalue weighted by Gasteiger charge is 2.30. The van der Waals surface area contributed by atoms with Crippen LogP contribution in [0.5, 0.6) is 0 Å². The lowest BCUT2D eigenvalue weighted by atomic mass is 10.1. The van der Waals surface area contributed by atoms with Gasteiger partial charge in [0.15, 0.2) is 0 Å². The van der Waals surface area contributed by atoms with Crippen LogP contribution in [0.4, 0.5) is 5.69 Å². The maximum atomic E-state index is 12.6. The number of nitrogens with one attached hydrogen (secondary N) is 3. The molecule has 0 saturated heterocycles. The van der Waals surface area contributed by atoms with Crippen molar-refractivity contribution in [3.8, 4) is 0 Å². The topological polar surface area (TPSA) is 90.1 Å². The highest BCUT2D eigenvalue weighted by Crippen LogP contribution is 2.27. The summed E-state index contributed by atoms with van der Waals surface area (Å²) in [6.45, 7) is 5.43. The van der Waals surface area contributed by atoms with Gasteiger partial charge in [-0.15, -0.1) is 0 Å². The van der Waals surface area contributed by atoms with Gasteiger partial charge in [-0.05, 0) is 56.0 Å². The zero-order valence-electron chi connectivity index (χ0n) is 18.8. The summed E-state index contributed by atoms with van der Waals surface area (Å²) in [6, 6.07) is 14.3. The van der Waals surface area contributed by atoms with Gasteiger partial charge in [0.1, 0.15) is 5.82 Å². The molecule has 3 N–H and O–H groups in total. The molecular formula is C25H31N5O2. The van der Waals surface area contributed by atoms with E-state index < -0.39 is 0 Å². The minimum absolute atomic E-state index is 0.00157. The first-order valence-electron chi connectivity index (χ1n) is 11.3. The normalized spacial score (nSPS) is 13.5. The van der Waals surface area contributed by atoms with E-state index in [-0.39, 0.29) is 11.8 Å². The molecule has 1 fully saturated rings. The minimum Gasteiger partial charge on any atom is -0.356 e. The summed E-state index contributed by atoms with van der Waals surface area (Å²) >= 11 is 0. The highest BCUT2D eigenvalue weighted by atomic mass is 16.2. The lowest BCUT2D eigenvalue weighted by Gasteiger charge is -2.21. The second-order valence-corrected chi connectivity index (χ2v) is 8.62. The molecule has 32 heavy (non-hydrogen) atoms. The molecular weight excluding hydrogens is 402 g/mol. The Kier molecular flexibility index (Phi) is 6.85. The van der Waals surface area contributed by atoms with Gasteiger partial charge in [0, 0.05) is 37.7 Å². The fourth-order valence-electron chi connectivity index (χ4n) is 3.85. The number of carbonyl (C=O) groups is 2. The van der Waals surface area contributed by atoms with Crippen molar-refractivity contribution in [2.24, 2.45) is 0 Å². The van der Waals surface area contributed by atoms with Gasteiger partial charge in [-0.2, -0.15) is 0 Å². The number of rotatable bonds is 10. The second kappa shape index (κ2) is 9.96. The molecule has 1 aliphatic carbocycles. The monoisotopic (exact) mass is 433 g/mol.